The third-order valence-electron chi connectivity index (χ3n) is 6.53. The summed E-state index contributed by atoms with van der Waals surface area (Å²) in [7, 11) is 1.32. The SMILES string of the molecule is COC(=O)C1(c2cccc(F)c2C)C=C(c2cnc(OCCN3CCCC3)c(F)c2)CC1. The molecule has 170 valence electrons. The minimum absolute atomic E-state index is 0.0215. The Balaban J connectivity index is 1.57. The maximum absolute atomic E-state index is 14.7. The van der Waals surface area contributed by atoms with E-state index < -0.39 is 17.2 Å². The Morgan fingerprint density at radius 1 is 1.22 bits per heavy atom. The highest BCUT2D eigenvalue weighted by Gasteiger charge is 2.44. The lowest BCUT2D eigenvalue weighted by atomic mass is 9.77. The molecule has 0 spiro atoms. The zero-order valence-electron chi connectivity index (χ0n) is 18.5. The van der Waals surface area contributed by atoms with Crippen molar-refractivity contribution in [3.8, 4) is 5.88 Å². The van der Waals surface area contributed by atoms with Crippen molar-refractivity contribution in [3.63, 3.8) is 0 Å². The van der Waals surface area contributed by atoms with Gasteiger partial charge in [-0.05, 0) is 80.1 Å². The van der Waals surface area contributed by atoms with Crippen LogP contribution in [0.4, 0.5) is 8.78 Å². The predicted octanol–water partition coefficient (Wildman–Crippen LogP) is 4.43. The van der Waals surface area contributed by atoms with Crippen LogP contribution in [0.25, 0.3) is 5.57 Å². The molecule has 1 saturated heterocycles. The van der Waals surface area contributed by atoms with E-state index in [0.29, 0.717) is 36.1 Å². The lowest BCUT2D eigenvalue weighted by molar-refractivity contribution is -0.145. The molecule has 0 amide bonds. The molecule has 2 heterocycles. The number of nitrogens with zero attached hydrogens (tertiary/aromatic N) is 2. The topological polar surface area (TPSA) is 51.7 Å². The summed E-state index contributed by atoms with van der Waals surface area (Å²) >= 11 is 0. The summed E-state index contributed by atoms with van der Waals surface area (Å²) in [5.74, 6) is -1.40. The van der Waals surface area contributed by atoms with Crippen LogP contribution >= 0.6 is 0 Å². The molecule has 2 aliphatic rings. The number of pyridine rings is 1. The number of halogens is 2. The molecular weight excluding hydrogens is 414 g/mol. The number of esters is 1. The number of hydrogen-bond acceptors (Lipinski definition) is 5. The number of aromatic nitrogens is 1. The van der Waals surface area contributed by atoms with E-state index in [2.05, 4.69) is 9.88 Å². The molecule has 1 aliphatic heterocycles. The molecule has 1 unspecified atom stereocenters. The van der Waals surface area contributed by atoms with Crippen LogP contribution in [0.3, 0.4) is 0 Å². The zero-order valence-corrected chi connectivity index (χ0v) is 18.5. The zero-order chi connectivity index (χ0) is 22.7. The van der Waals surface area contributed by atoms with Gasteiger partial charge in [-0.25, -0.2) is 13.8 Å². The van der Waals surface area contributed by atoms with Crippen LogP contribution in [-0.2, 0) is 14.9 Å². The fourth-order valence-corrected chi connectivity index (χ4v) is 4.74. The van der Waals surface area contributed by atoms with Crippen LogP contribution in [-0.4, -0.2) is 49.2 Å². The van der Waals surface area contributed by atoms with Gasteiger partial charge < -0.3 is 9.47 Å². The Morgan fingerprint density at radius 3 is 2.72 bits per heavy atom. The monoisotopic (exact) mass is 442 g/mol. The lowest BCUT2D eigenvalue weighted by Gasteiger charge is -2.26. The van der Waals surface area contributed by atoms with E-state index in [1.807, 2.05) is 0 Å². The number of methoxy groups -OCH3 is 1. The lowest BCUT2D eigenvalue weighted by Crippen LogP contribution is -2.34. The number of likely N-dealkylation sites (tertiary alicyclic amines) is 1. The quantitative estimate of drug-likeness (QED) is 0.594. The van der Waals surface area contributed by atoms with E-state index in [9.17, 15) is 13.6 Å². The molecule has 1 aliphatic carbocycles. The van der Waals surface area contributed by atoms with Crippen LogP contribution in [0.5, 0.6) is 5.88 Å². The molecule has 7 heteroatoms. The average Bonchev–Trinajstić information content (AvgIpc) is 3.47. The number of hydrogen-bond donors (Lipinski definition) is 0. The Labute approximate surface area is 187 Å². The van der Waals surface area contributed by atoms with Gasteiger partial charge in [0.1, 0.15) is 17.8 Å². The minimum atomic E-state index is -1.11. The normalized spacial score (nSPS) is 20.9. The van der Waals surface area contributed by atoms with Gasteiger partial charge in [0, 0.05) is 12.7 Å². The first-order valence-corrected chi connectivity index (χ1v) is 11.0. The fourth-order valence-electron chi connectivity index (χ4n) is 4.74. The van der Waals surface area contributed by atoms with E-state index in [1.54, 1.807) is 31.3 Å². The Bertz CT molecular complexity index is 1030. The molecule has 1 aromatic carbocycles. The van der Waals surface area contributed by atoms with Crippen LogP contribution in [0.15, 0.2) is 36.5 Å². The molecule has 1 aromatic heterocycles. The Hall–Kier alpha value is -2.80. The third-order valence-corrected chi connectivity index (χ3v) is 6.53. The van der Waals surface area contributed by atoms with Crippen molar-refractivity contribution >= 4 is 11.5 Å². The molecule has 2 aromatic rings. The summed E-state index contributed by atoms with van der Waals surface area (Å²) in [5, 5.41) is 0. The summed E-state index contributed by atoms with van der Waals surface area (Å²) in [6, 6.07) is 6.08. The van der Waals surface area contributed by atoms with Gasteiger partial charge in [0.15, 0.2) is 5.82 Å². The van der Waals surface area contributed by atoms with Crippen molar-refractivity contribution < 1.29 is 23.0 Å². The summed E-state index contributed by atoms with van der Waals surface area (Å²) in [4.78, 5) is 19.3. The standard InChI is InChI=1S/C25H28F2N2O3/c1-17-20(6-5-7-21(17)26)25(24(30)31-2)9-8-18(15-25)19-14-22(27)23(28-16-19)32-13-12-29-10-3-4-11-29/h5-7,14-16H,3-4,8-13H2,1-2H3. The maximum atomic E-state index is 14.7. The molecular formula is C25H28F2N2O3. The van der Waals surface area contributed by atoms with Gasteiger partial charge in [-0.1, -0.05) is 18.2 Å². The highest BCUT2D eigenvalue weighted by molar-refractivity contribution is 5.91. The molecule has 0 radical (unpaired) electrons. The van der Waals surface area contributed by atoms with Crippen molar-refractivity contribution in [1.82, 2.24) is 9.88 Å². The van der Waals surface area contributed by atoms with Gasteiger partial charge in [0.2, 0.25) is 5.88 Å². The molecule has 4 rings (SSSR count). The maximum Gasteiger partial charge on any atom is 0.320 e. The Morgan fingerprint density at radius 2 is 2.00 bits per heavy atom. The number of allylic oxidation sites excluding steroid dienone is 1. The number of ether oxygens (including phenoxy) is 2. The third kappa shape index (κ3) is 4.26. The molecule has 5 nitrogen and oxygen atoms in total. The number of benzene rings is 1. The Kier molecular flexibility index (Phi) is 6.55. The van der Waals surface area contributed by atoms with Crippen molar-refractivity contribution in [1.29, 1.82) is 0 Å². The number of carbonyl (C=O) groups excluding carboxylic acids is 1. The summed E-state index contributed by atoms with van der Waals surface area (Å²) < 4.78 is 39.6. The van der Waals surface area contributed by atoms with E-state index in [-0.39, 0.29) is 11.7 Å². The van der Waals surface area contributed by atoms with Crippen molar-refractivity contribution in [2.24, 2.45) is 0 Å². The van der Waals surface area contributed by atoms with Gasteiger partial charge >= 0.3 is 5.97 Å². The van der Waals surface area contributed by atoms with Gasteiger partial charge in [-0.3, -0.25) is 9.69 Å². The second-order valence-electron chi connectivity index (χ2n) is 8.45. The predicted molar refractivity (Wildman–Crippen MR) is 117 cm³/mol. The van der Waals surface area contributed by atoms with Crippen molar-refractivity contribution in [3.05, 3.63) is 64.9 Å². The largest absolute Gasteiger partial charge is 0.474 e. The second kappa shape index (κ2) is 9.36. The van der Waals surface area contributed by atoms with Crippen LogP contribution < -0.4 is 4.74 Å². The molecule has 32 heavy (non-hydrogen) atoms. The highest BCUT2D eigenvalue weighted by atomic mass is 19.1. The summed E-state index contributed by atoms with van der Waals surface area (Å²) in [6.45, 7) is 4.90. The van der Waals surface area contributed by atoms with E-state index >= 15 is 0 Å². The number of rotatable bonds is 7. The van der Waals surface area contributed by atoms with Crippen molar-refractivity contribution in [2.45, 2.75) is 38.0 Å². The first kappa shape index (κ1) is 22.4. The van der Waals surface area contributed by atoms with E-state index in [4.69, 9.17) is 9.47 Å². The van der Waals surface area contributed by atoms with E-state index in [1.165, 1.54) is 32.1 Å². The highest BCUT2D eigenvalue weighted by Crippen LogP contribution is 2.45. The van der Waals surface area contributed by atoms with Crippen molar-refractivity contribution in [2.75, 3.05) is 33.4 Å². The van der Waals surface area contributed by atoms with Crippen LogP contribution in [0.2, 0.25) is 0 Å². The minimum Gasteiger partial charge on any atom is -0.474 e. The average molecular weight is 443 g/mol. The first-order valence-electron chi connectivity index (χ1n) is 11.0. The molecule has 1 atom stereocenters. The molecule has 0 saturated carbocycles. The summed E-state index contributed by atoms with van der Waals surface area (Å²) in [5.41, 5.74) is 1.21. The van der Waals surface area contributed by atoms with Crippen LogP contribution in [0.1, 0.15) is 42.4 Å². The van der Waals surface area contributed by atoms with Gasteiger partial charge in [0.25, 0.3) is 0 Å². The summed E-state index contributed by atoms with van der Waals surface area (Å²) in [6.07, 6.45) is 6.64. The van der Waals surface area contributed by atoms with Gasteiger partial charge in [-0.2, -0.15) is 0 Å². The second-order valence-corrected chi connectivity index (χ2v) is 8.45. The van der Waals surface area contributed by atoms with Crippen LogP contribution in [0, 0.1) is 18.6 Å². The van der Waals surface area contributed by atoms with E-state index in [0.717, 1.165) is 25.2 Å². The smallest absolute Gasteiger partial charge is 0.320 e. The molecule has 0 bridgehead atoms. The fraction of sp³-hybridized carbons (Fsp3) is 0.440. The first-order chi connectivity index (χ1) is 15.4. The molecule has 0 N–H and O–H groups in total. The van der Waals surface area contributed by atoms with Gasteiger partial charge in [-0.15, -0.1) is 0 Å². The molecule has 1 fully saturated rings. The number of carbonyl (C=O) groups is 1. The van der Waals surface area contributed by atoms with Gasteiger partial charge in [0.05, 0.1) is 7.11 Å².